The molecular weight excluding hydrogens is 308 g/mol. The monoisotopic (exact) mass is 326 g/mol. The molecule has 0 amide bonds. The smallest absolute Gasteiger partial charge is 0.152 e. The Bertz CT molecular complexity index is 454. The summed E-state index contributed by atoms with van der Waals surface area (Å²) in [5.74, 6) is 0.527. The first-order valence-corrected chi connectivity index (χ1v) is 7.10. The van der Waals surface area contributed by atoms with E-state index in [1.165, 1.54) is 5.06 Å². The number of aromatic nitrogens is 1. The van der Waals surface area contributed by atoms with Gasteiger partial charge in [-0.15, -0.1) is 0 Å². The Labute approximate surface area is 122 Å². The van der Waals surface area contributed by atoms with Crippen LogP contribution in [0.3, 0.4) is 0 Å². The SMILES string of the molecule is CC(C)(C)O[C@@H]1C=CC[C@H]1N(O)c1ccc(Br)cn1. The Balaban J connectivity index is 2.10. The average Bonchev–Trinajstić information content (AvgIpc) is 2.75. The molecule has 19 heavy (non-hydrogen) atoms. The summed E-state index contributed by atoms with van der Waals surface area (Å²) in [5.41, 5.74) is -0.244. The zero-order valence-electron chi connectivity index (χ0n) is 11.4. The Morgan fingerprint density at radius 1 is 1.42 bits per heavy atom. The molecule has 0 aromatic carbocycles. The first kappa shape index (κ1) is 14.5. The van der Waals surface area contributed by atoms with Crippen LogP contribution >= 0.6 is 15.9 Å². The van der Waals surface area contributed by atoms with Crippen LogP contribution in [0.1, 0.15) is 27.2 Å². The Kier molecular flexibility index (Phi) is 4.28. The number of nitrogens with zero attached hydrogens (tertiary/aromatic N) is 2. The third-order valence-electron chi connectivity index (χ3n) is 2.83. The molecule has 0 saturated heterocycles. The van der Waals surface area contributed by atoms with Crippen LogP contribution in [0.25, 0.3) is 0 Å². The highest BCUT2D eigenvalue weighted by atomic mass is 79.9. The van der Waals surface area contributed by atoms with E-state index >= 15 is 0 Å². The van der Waals surface area contributed by atoms with E-state index in [0.29, 0.717) is 5.82 Å². The van der Waals surface area contributed by atoms with Gasteiger partial charge in [0.25, 0.3) is 0 Å². The van der Waals surface area contributed by atoms with E-state index < -0.39 is 0 Å². The lowest BCUT2D eigenvalue weighted by Gasteiger charge is -2.32. The summed E-state index contributed by atoms with van der Waals surface area (Å²) in [6.45, 7) is 6.03. The van der Waals surface area contributed by atoms with Crippen molar-refractivity contribution < 1.29 is 9.94 Å². The molecule has 0 radical (unpaired) electrons. The predicted octanol–water partition coefficient (Wildman–Crippen LogP) is 3.55. The molecule has 2 atom stereocenters. The van der Waals surface area contributed by atoms with Crippen LogP contribution in [0.4, 0.5) is 5.82 Å². The highest BCUT2D eigenvalue weighted by molar-refractivity contribution is 9.10. The molecule has 1 N–H and O–H groups in total. The van der Waals surface area contributed by atoms with Gasteiger partial charge in [-0.25, -0.2) is 10.0 Å². The fourth-order valence-electron chi connectivity index (χ4n) is 2.05. The van der Waals surface area contributed by atoms with Crippen LogP contribution < -0.4 is 5.06 Å². The van der Waals surface area contributed by atoms with Crippen LogP contribution in [-0.4, -0.2) is 27.9 Å². The van der Waals surface area contributed by atoms with E-state index in [1.807, 2.05) is 39.0 Å². The van der Waals surface area contributed by atoms with E-state index in [4.69, 9.17) is 4.74 Å². The van der Waals surface area contributed by atoms with Gasteiger partial charge in [0.1, 0.15) is 0 Å². The first-order valence-electron chi connectivity index (χ1n) is 6.31. The van der Waals surface area contributed by atoms with Gasteiger partial charge in [-0.05, 0) is 55.3 Å². The molecule has 0 fully saturated rings. The van der Waals surface area contributed by atoms with Crippen LogP contribution in [0.5, 0.6) is 0 Å². The summed E-state index contributed by atoms with van der Waals surface area (Å²) in [5, 5.41) is 11.5. The Hall–Kier alpha value is -0.910. The lowest BCUT2D eigenvalue weighted by Crippen LogP contribution is -2.43. The maximum atomic E-state index is 10.3. The van der Waals surface area contributed by atoms with Crippen molar-refractivity contribution in [1.82, 2.24) is 4.98 Å². The quantitative estimate of drug-likeness (QED) is 0.681. The number of halogens is 1. The summed E-state index contributed by atoms with van der Waals surface area (Å²) in [7, 11) is 0. The number of anilines is 1. The number of pyridine rings is 1. The second-order valence-electron chi connectivity index (χ2n) is 5.61. The third-order valence-corrected chi connectivity index (χ3v) is 3.30. The second kappa shape index (κ2) is 5.61. The van der Waals surface area contributed by atoms with Crippen molar-refractivity contribution in [2.45, 2.75) is 44.9 Å². The lowest BCUT2D eigenvalue weighted by atomic mass is 10.1. The minimum absolute atomic E-state index is 0.129. The van der Waals surface area contributed by atoms with E-state index in [9.17, 15) is 5.21 Å². The highest BCUT2D eigenvalue weighted by Crippen LogP contribution is 2.27. The first-order chi connectivity index (χ1) is 8.87. The van der Waals surface area contributed by atoms with Gasteiger partial charge in [0.05, 0.1) is 17.7 Å². The van der Waals surface area contributed by atoms with Gasteiger partial charge in [0, 0.05) is 10.7 Å². The number of ether oxygens (including phenoxy) is 1. The van der Waals surface area contributed by atoms with E-state index in [2.05, 4.69) is 20.9 Å². The van der Waals surface area contributed by atoms with Gasteiger partial charge in [-0.3, -0.25) is 5.21 Å². The molecule has 0 aliphatic heterocycles. The third kappa shape index (κ3) is 3.78. The van der Waals surface area contributed by atoms with E-state index in [-0.39, 0.29) is 17.7 Å². The van der Waals surface area contributed by atoms with Gasteiger partial charge in [0.2, 0.25) is 0 Å². The molecule has 1 aromatic rings. The fourth-order valence-corrected chi connectivity index (χ4v) is 2.29. The van der Waals surface area contributed by atoms with Crippen LogP contribution in [0, 0.1) is 0 Å². The Morgan fingerprint density at radius 2 is 2.16 bits per heavy atom. The molecule has 0 bridgehead atoms. The molecule has 5 heteroatoms. The standard InChI is InChI=1S/C14H19BrN2O2/c1-14(2,3)19-12-6-4-5-11(12)17(18)13-8-7-10(15)9-16-13/h4,6-9,11-12,18H,5H2,1-3H3/t11-,12-/m1/s1. The molecule has 0 spiro atoms. The van der Waals surface area contributed by atoms with Crippen molar-refractivity contribution in [3.8, 4) is 0 Å². The highest BCUT2D eigenvalue weighted by Gasteiger charge is 2.32. The van der Waals surface area contributed by atoms with E-state index in [0.717, 1.165) is 10.9 Å². The van der Waals surface area contributed by atoms with Crippen molar-refractivity contribution in [3.05, 3.63) is 35.0 Å². The summed E-state index contributed by atoms with van der Waals surface area (Å²) >= 11 is 3.33. The molecule has 0 saturated carbocycles. The molecule has 104 valence electrons. The van der Waals surface area contributed by atoms with Crippen molar-refractivity contribution in [2.75, 3.05) is 5.06 Å². The lowest BCUT2D eigenvalue weighted by molar-refractivity contribution is -0.0539. The minimum atomic E-state index is -0.244. The molecule has 1 aromatic heterocycles. The van der Waals surface area contributed by atoms with Crippen molar-refractivity contribution >= 4 is 21.7 Å². The van der Waals surface area contributed by atoms with Crippen molar-refractivity contribution in [2.24, 2.45) is 0 Å². The summed E-state index contributed by atoms with van der Waals surface area (Å²) in [6, 6.07) is 3.50. The van der Waals surface area contributed by atoms with Crippen molar-refractivity contribution in [1.29, 1.82) is 0 Å². The number of hydrogen-bond donors (Lipinski definition) is 1. The number of hydroxylamine groups is 1. The van der Waals surface area contributed by atoms with Crippen molar-refractivity contribution in [3.63, 3.8) is 0 Å². The van der Waals surface area contributed by atoms with Crippen LogP contribution in [-0.2, 0) is 4.74 Å². The Morgan fingerprint density at radius 3 is 2.74 bits per heavy atom. The maximum Gasteiger partial charge on any atom is 0.152 e. The number of rotatable bonds is 3. The minimum Gasteiger partial charge on any atom is -0.366 e. The summed E-state index contributed by atoms with van der Waals surface area (Å²) in [6.07, 6.45) is 6.31. The van der Waals surface area contributed by atoms with E-state index in [1.54, 1.807) is 12.3 Å². The van der Waals surface area contributed by atoms with Gasteiger partial charge in [-0.2, -0.15) is 0 Å². The fraction of sp³-hybridized carbons (Fsp3) is 0.500. The molecule has 1 aliphatic carbocycles. The summed E-state index contributed by atoms with van der Waals surface area (Å²) < 4.78 is 6.84. The van der Waals surface area contributed by atoms with Gasteiger partial charge in [-0.1, -0.05) is 12.2 Å². The predicted molar refractivity (Wildman–Crippen MR) is 78.4 cm³/mol. The molecule has 0 unspecified atom stereocenters. The zero-order valence-corrected chi connectivity index (χ0v) is 13.0. The van der Waals surface area contributed by atoms with Crippen LogP contribution in [0.15, 0.2) is 35.0 Å². The summed E-state index contributed by atoms with van der Waals surface area (Å²) in [4.78, 5) is 4.20. The molecular formula is C14H19BrN2O2. The van der Waals surface area contributed by atoms with Gasteiger partial charge < -0.3 is 4.74 Å². The zero-order chi connectivity index (χ0) is 14.0. The normalized spacial score (nSPS) is 22.8. The molecule has 2 rings (SSSR count). The van der Waals surface area contributed by atoms with Crippen LogP contribution in [0.2, 0.25) is 0 Å². The second-order valence-corrected chi connectivity index (χ2v) is 6.52. The average molecular weight is 327 g/mol. The number of hydrogen-bond acceptors (Lipinski definition) is 4. The molecule has 4 nitrogen and oxygen atoms in total. The largest absolute Gasteiger partial charge is 0.366 e. The van der Waals surface area contributed by atoms with Gasteiger partial charge >= 0.3 is 0 Å². The maximum absolute atomic E-state index is 10.3. The molecule has 1 aliphatic rings. The molecule has 1 heterocycles. The topological polar surface area (TPSA) is 45.6 Å². The van der Waals surface area contributed by atoms with Gasteiger partial charge in [0.15, 0.2) is 5.82 Å².